The number of carbonyl (C=O) groups is 1. The summed E-state index contributed by atoms with van der Waals surface area (Å²) in [7, 11) is 1.16. The fourth-order valence-electron chi connectivity index (χ4n) is 1.13. The zero-order chi connectivity index (χ0) is 11.4. The van der Waals surface area contributed by atoms with Crippen LogP contribution in [0.1, 0.15) is 11.7 Å². The summed E-state index contributed by atoms with van der Waals surface area (Å²) < 4.78 is 5.13. The van der Waals surface area contributed by atoms with Crippen molar-refractivity contribution in [2.75, 3.05) is 7.11 Å². The Morgan fingerprint density at radius 1 is 1.40 bits per heavy atom. The van der Waals surface area contributed by atoms with E-state index in [1.165, 1.54) is 0 Å². The van der Waals surface area contributed by atoms with E-state index >= 15 is 0 Å². The van der Waals surface area contributed by atoms with Crippen LogP contribution >= 0.6 is 22.6 Å². The summed E-state index contributed by atoms with van der Waals surface area (Å²) in [6.45, 7) is 0. The molecule has 15 heavy (non-hydrogen) atoms. The number of carbonyl (C=O) groups excluding carboxylic acids is 1. The molecule has 0 aliphatic heterocycles. The Balaban J connectivity index is 2.89. The minimum atomic E-state index is -1.55. The van der Waals surface area contributed by atoms with Gasteiger partial charge in [0.25, 0.3) is 0 Å². The predicted octanol–water partition coefficient (Wildman–Crippen LogP) is 0.859. The summed E-state index contributed by atoms with van der Waals surface area (Å²) >= 11 is 2.02. The van der Waals surface area contributed by atoms with Crippen LogP contribution in [0.2, 0.25) is 0 Å². The van der Waals surface area contributed by atoms with E-state index in [2.05, 4.69) is 4.74 Å². The highest BCUT2D eigenvalue weighted by Gasteiger charge is 2.27. The summed E-state index contributed by atoms with van der Waals surface area (Å²) in [5, 5.41) is 19.2. The number of benzene rings is 1. The maximum absolute atomic E-state index is 11.0. The molecule has 1 aromatic rings. The summed E-state index contributed by atoms with van der Waals surface area (Å²) in [6.07, 6.45) is -2.81. The number of hydrogen-bond acceptors (Lipinski definition) is 4. The summed E-state index contributed by atoms with van der Waals surface area (Å²) in [5.41, 5.74) is 0.510. The van der Waals surface area contributed by atoms with Crippen molar-refractivity contribution in [1.82, 2.24) is 0 Å². The predicted molar refractivity (Wildman–Crippen MR) is 62.1 cm³/mol. The van der Waals surface area contributed by atoms with E-state index in [1.54, 1.807) is 18.2 Å². The van der Waals surface area contributed by atoms with Crippen LogP contribution in [0.4, 0.5) is 0 Å². The third-order valence-corrected chi connectivity index (χ3v) is 2.95. The van der Waals surface area contributed by atoms with Gasteiger partial charge in [0, 0.05) is 3.57 Å². The lowest BCUT2D eigenvalue weighted by Gasteiger charge is -2.16. The highest BCUT2D eigenvalue weighted by molar-refractivity contribution is 14.1. The Hall–Kier alpha value is -0.660. The van der Waals surface area contributed by atoms with Crippen LogP contribution in [0.5, 0.6) is 0 Å². The number of ether oxygens (including phenoxy) is 1. The fraction of sp³-hybridized carbons (Fsp3) is 0.300. The van der Waals surface area contributed by atoms with Crippen molar-refractivity contribution in [3.05, 3.63) is 33.4 Å². The molecule has 2 N–H and O–H groups in total. The third kappa shape index (κ3) is 2.90. The molecule has 0 aliphatic rings. The molecule has 0 aromatic heterocycles. The molecule has 5 heteroatoms. The highest BCUT2D eigenvalue weighted by Crippen LogP contribution is 2.22. The summed E-state index contributed by atoms with van der Waals surface area (Å²) in [4.78, 5) is 11.0. The van der Waals surface area contributed by atoms with Crippen molar-refractivity contribution in [2.24, 2.45) is 0 Å². The molecule has 0 spiro atoms. The maximum Gasteiger partial charge on any atom is 0.337 e. The minimum absolute atomic E-state index is 0.510. The molecule has 0 saturated heterocycles. The van der Waals surface area contributed by atoms with E-state index < -0.39 is 18.2 Å². The van der Waals surface area contributed by atoms with E-state index in [0.29, 0.717) is 5.56 Å². The number of rotatable bonds is 3. The molecule has 0 amide bonds. The molecule has 0 saturated carbocycles. The molecule has 0 aliphatic carbocycles. The zero-order valence-corrected chi connectivity index (χ0v) is 10.2. The van der Waals surface area contributed by atoms with Gasteiger partial charge in [0.2, 0.25) is 0 Å². The summed E-state index contributed by atoms with van der Waals surface area (Å²) in [6, 6.07) is 6.97. The average Bonchev–Trinajstić information content (AvgIpc) is 2.26. The first-order valence-corrected chi connectivity index (χ1v) is 5.34. The van der Waals surface area contributed by atoms with Crippen molar-refractivity contribution >= 4 is 28.6 Å². The Morgan fingerprint density at radius 3 is 2.53 bits per heavy atom. The van der Waals surface area contributed by atoms with E-state index in [0.717, 1.165) is 10.7 Å². The van der Waals surface area contributed by atoms with Crippen LogP contribution in [-0.4, -0.2) is 29.4 Å². The fourth-order valence-corrected chi connectivity index (χ4v) is 1.84. The number of hydrogen-bond donors (Lipinski definition) is 2. The van der Waals surface area contributed by atoms with Crippen LogP contribution in [-0.2, 0) is 9.53 Å². The normalized spacial score (nSPS) is 14.4. The Bertz CT molecular complexity index is 353. The van der Waals surface area contributed by atoms with E-state index in [1.807, 2.05) is 28.7 Å². The number of halogens is 1. The first kappa shape index (κ1) is 12.4. The van der Waals surface area contributed by atoms with Crippen molar-refractivity contribution in [1.29, 1.82) is 0 Å². The van der Waals surface area contributed by atoms with Gasteiger partial charge in [-0.15, -0.1) is 0 Å². The number of aliphatic hydroxyl groups excluding tert-OH is 2. The molecule has 0 bridgehead atoms. The van der Waals surface area contributed by atoms with Gasteiger partial charge in [-0.2, -0.15) is 0 Å². The van der Waals surface area contributed by atoms with Gasteiger partial charge in [0.1, 0.15) is 6.10 Å². The lowest BCUT2D eigenvalue weighted by molar-refractivity contribution is -0.156. The van der Waals surface area contributed by atoms with Gasteiger partial charge in [-0.3, -0.25) is 0 Å². The second-order valence-corrected chi connectivity index (χ2v) is 4.10. The standard InChI is InChI=1S/C10H11IO4/c1-15-10(14)9(13)8(12)6-4-2-3-5-7(6)11/h2-5,8-9,12-13H,1H3/t8-,9+/m0/s1. The quantitative estimate of drug-likeness (QED) is 0.640. The molecule has 0 radical (unpaired) electrons. The zero-order valence-electron chi connectivity index (χ0n) is 8.05. The van der Waals surface area contributed by atoms with Crippen molar-refractivity contribution < 1.29 is 19.7 Å². The third-order valence-electron chi connectivity index (χ3n) is 1.97. The van der Waals surface area contributed by atoms with Crippen LogP contribution in [0.25, 0.3) is 0 Å². The minimum Gasteiger partial charge on any atom is -0.467 e. The van der Waals surface area contributed by atoms with Crippen LogP contribution in [0, 0.1) is 3.57 Å². The molecule has 1 rings (SSSR count). The van der Waals surface area contributed by atoms with Crippen LogP contribution < -0.4 is 0 Å². The van der Waals surface area contributed by atoms with Gasteiger partial charge in [0.15, 0.2) is 6.10 Å². The van der Waals surface area contributed by atoms with Crippen molar-refractivity contribution in [3.63, 3.8) is 0 Å². The number of methoxy groups -OCH3 is 1. The average molecular weight is 322 g/mol. The van der Waals surface area contributed by atoms with E-state index in [9.17, 15) is 15.0 Å². The first-order chi connectivity index (χ1) is 7.07. The van der Waals surface area contributed by atoms with Crippen LogP contribution in [0.3, 0.4) is 0 Å². The van der Waals surface area contributed by atoms with Crippen LogP contribution in [0.15, 0.2) is 24.3 Å². The lowest BCUT2D eigenvalue weighted by atomic mass is 10.0. The molecule has 0 fully saturated rings. The lowest BCUT2D eigenvalue weighted by Crippen LogP contribution is -2.29. The largest absolute Gasteiger partial charge is 0.467 e. The van der Waals surface area contributed by atoms with E-state index in [-0.39, 0.29) is 0 Å². The van der Waals surface area contributed by atoms with Crippen molar-refractivity contribution in [3.8, 4) is 0 Å². The van der Waals surface area contributed by atoms with Gasteiger partial charge < -0.3 is 14.9 Å². The second-order valence-electron chi connectivity index (χ2n) is 2.93. The van der Waals surface area contributed by atoms with Gasteiger partial charge in [-0.1, -0.05) is 18.2 Å². The molecule has 2 atom stereocenters. The van der Waals surface area contributed by atoms with Gasteiger partial charge in [-0.25, -0.2) is 4.79 Å². The SMILES string of the molecule is COC(=O)[C@H](O)[C@@H](O)c1ccccc1I. The van der Waals surface area contributed by atoms with E-state index in [4.69, 9.17) is 0 Å². The second kappa shape index (κ2) is 5.43. The Labute approximate surface area is 101 Å². The number of aliphatic hydroxyl groups is 2. The van der Waals surface area contributed by atoms with Gasteiger partial charge in [0.05, 0.1) is 7.11 Å². The molecular formula is C10H11IO4. The van der Waals surface area contributed by atoms with Crippen molar-refractivity contribution in [2.45, 2.75) is 12.2 Å². The Kier molecular flexibility index (Phi) is 4.49. The molecule has 82 valence electrons. The molecule has 1 aromatic carbocycles. The number of esters is 1. The first-order valence-electron chi connectivity index (χ1n) is 4.26. The van der Waals surface area contributed by atoms with Gasteiger partial charge >= 0.3 is 5.97 Å². The van der Waals surface area contributed by atoms with Gasteiger partial charge in [-0.05, 0) is 34.2 Å². The maximum atomic E-state index is 11.0. The topological polar surface area (TPSA) is 66.8 Å². The highest BCUT2D eigenvalue weighted by atomic mass is 127. The smallest absolute Gasteiger partial charge is 0.337 e. The Morgan fingerprint density at radius 2 is 2.00 bits per heavy atom. The molecular weight excluding hydrogens is 311 g/mol. The summed E-state index contributed by atoms with van der Waals surface area (Å²) in [5.74, 6) is -0.845. The molecule has 0 unspecified atom stereocenters. The monoisotopic (exact) mass is 322 g/mol. The molecule has 4 nitrogen and oxygen atoms in total. The molecule has 0 heterocycles.